The van der Waals surface area contributed by atoms with E-state index in [1.165, 1.54) is 0 Å². The van der Waals surface area contributed by atoms with Crippen molar-refractivity contribution in [2.75, 3.05) is 32.2 Å². The molecule has 1 atom stereocenters. The Morgan fingerprint density at radius 1 is 1.58 bits per heavy atom. The van der Waals surface area contributed by atoms with Crippen LogP contribution in [-0.4, -0.2) is 61.1 Å². The molecule has 0 aromatic rings. The summed E-state index contributed by atoms with van der Waals surface area (Å²) >= 11 is 5.77. The third kappa shape index (κ3) is 6.01. The Bertz CT molecular complexity index is 303. The van der Waals surface area contributed by atoms with Crippen molar-refractivity contribution in [3.63, 3.8) is 0 Å². The number of halogens is 3. The first kappa shape index (κ1) is 16.6. The van der Waals surface area contributed by atoms with Crippen LogP contribution in [0, 0.1) is 0 Å². The van der Waals surface area contributed by atoms with Crippen molar-refractivity contribution >= 4 is 17.5 Å². The second kappa shape index (κ2) is 7.36. The number of nitrogens with zero attached hydrogens (tertiary/aromatic N) is 1. The standard InChI is InChI=1S/C12H20ClF2NO3/c1-12(2)8-16(6-9(5-13)19-12)11(17)3-4-18-7-10(14)15/h9-10H,3-8H2,1-2H3. The van der Waals surface area contributed by atoms with E-state index in [1.54, 1.807) is 4.90 Å². The number of ether oxygens (including phenoxy) is 2. The average molecular weight is 300 g/mol. The van der Waals surface area contributed by atoms with E-state index >= 15 is 0 Å². The molecule has 4 nitrogen and oxygen atoms in total. The van der Waals surface area contributed by atoms with E-state index in [4.69, 9.17) is 21.1 Å². The van der Waals surface area contributed by atoms with E-state index in [1.807, 2.05) is 13.8 Å². The summed E-state index contributed by atoms with van der Waals surface area (Å²) in [6.45, 7) is 4.05. The summed E-state index contributed by atoms with van der Waals surface area (Å²) in [4.78, 5) is 13.6. The van der Waals surface area contributed by atoms with Gasteiger partial charge in [0, 0.05) is 13.1 Å². The van der Waals surface area contributed by atoms with Crippen molar-refractivity contribution in [3.8, 4) is 0 Å². The number of amides is 1. The van der Waals surface area contributed by atoms with Crippen LogP contribution in [-0.2, 0) is 14.3 Å². The highest BCUT2D eigenvalue weighted by Crippen LogP contribution is 2.22. The SMILES string of the molecule is CC1(C)CN(C(=O)CCOCC(F)F)CC(CCl)O1. The van der Waals surface area contributed by atoms with E-state index < -0.39 is 18.6 Å². The number of hydrogen-bond acceptors (Lipinski definition) is 3. The summed E-state index contributed by atoms with van der Waals surface area (Å²) in [7, 11) is 0. The van der Waals surface area contributed by atoms with Gasteiger partial charge in [-0.25, -0.2) is 8.78 Å². The van der Waals surface area contributed by atoms with Crippen molar-refractivity contribution in [1.82, 2.24) is 4.90 Å². The van der Waals surface area contributed by atoms with Crippen LogP contribution in [0.25, 0.3) is 0 Å². The molecule has 0 aromatic heterocycles. The van der Waals surface area contributed by atoms with Crippen molar-refractivity contribution in [3.05, 3.63) is 0 Å². The molecular formula is C12H20ClF2NO3. The molecule has 112 valence electrons. The number of morpholine rings is 1. The summed E-state index contributed by atoms with van der Waals surface area (Å²) in [5, 5.41) is 0. The van der Waals surface area contributed by atoms with Gasteiger partial charge in [-0.05, 0) is 13.8 Å². The number of hydrogen-bond donors (Lipinski definition) is 0. The van der Waals surface area contributed by atoms with E-state index in [-0.39, 0.29) is 25.0 Å². The summed E-state index contributed by atoms with van der Waals surface area (Å²) in [5.74, 6) is 0.190. The highest BCUT2D eigenvalue weighted by atomic mass is 35.5. The zero-order chi connectivity index (χ0) is 14.5. The number of rotatable bonds is 6. The molecule has 0 aliphatic carbocycles. The molecule has 1 amide bonds. The van der Waals surface area contributed by atoms with Gasteiger partial charge in [-0.1, -0.05) is 0 Å². The van der Waals surface area contributed by atoms with Crippen LogP contribution in [0.3, 0.4) is 0 Å². The van der Waals surface area contributed by atoms with E-state index in [9.17, 15) is 13.6 Å². The molecule has 1 fully saturated rings. The van der Waals surface area contributed by atoms with Gasteiger partial charge in [-0.2, -0.15) is 0 Å². The maximum atomic E-state index is 12.0. The first-order chi connectivity index (χ1) is 8.84. The topological polar surface area (TPSA) is 38.8 Å². The second-order valence-electron chi connectivity index (χ2n) is 5.14. The van der Waals surface area contributed by atoms with E-state index in [2.05, 4.69) is 0 Å². The zero-order valence-electron chi connectivity index (χ0n) is 11.2. The molecule has 0 aromatic carbocycles. The van der Waals surface area contributed by atoms with Gasteiger partial charge in [-0.15, -0.1) is 11.6 Å². The number of carbonyl (C=O) groups is 1. The van der Waals surface area contributed by atoms with E-state index in [0.717, 1.165) is 0 Å². The molecule has 1 rings (SSSR count). The zero-order valence-corrected chi connectivity index (χ0v) is 12.0. The van der Waals surface area contributed by atoms with Gasteiger partial charge in [0.2, 0.25) is 5.91 Å². The molecule has 1 aliphatic rings. The Labute approximate surface area is 117 Å². The molecule has 0 spiro atoms. The molecule has 0 saturated carbocycles. The highest BCUT2D eigenvalue weighted by Gasteiger charge is 2.34. The predicted octanol–water partition coefficient (Wildman–Crippen LogP) is 1.90. The molecule has 1 unspecified atom stereocenters. The lowest BCUT2D eigenvalue weighted by atomic mass is 10.1. The molecule has 0 N–H and O–H groups in total. The Hall–Kier alpha value is -0.460. The second-order valence-corrected chi connectivity index (χ2v) is 5.45. The molecule has 1 aliphatic heterocycles. The predicted molar refractivity (Wildman–Crippen MR) is 67.7 cm³/mol. The Morgan fingerprint density at radius 3 is 2.84 bits per heavy atom. The van der Waals surface area contributed by atoms with Crippen molar-refractivity contribution < 1.29 is 23.0 Å². The maximum absolute atomic E-state index is 12.0. The maximum Gasteiger partial charge on any atom is 0.261 e. The average Bonchev–Trinajstić information content (AvgIpc) is 2.32. The lowest BCUT2D eigenvalue weighted by Crippen LogP contribution is -2.55. The lowest BCUT2D eigenvalue weighted by Gasteiger charge is -2.42. The van der Waals surface area contributed by atoms with Gasteiger partial charge in [0.05, 0.1) is 30.6 Å². The molecule has 19 heavy (non-hydrogen) atoms. The number of carbonyl (C=O) groups excluding carboxylic acids is 1. The smallest absolute Gasteiger partial charge is 0.261 e. The third-order valence-electron chi connectivity index (χ3n) is 2.71. The highest BCUT2D eigenvalue weighted by molar-refractivity contribution is 6.18. The van der Waals surface area contributed by atoms with Crippen LogP contribution in [0.15, 0.2) is 0 Å². The van der Waals surface area contributed by atoms with Crippen molar-refractivity contribution in [2.24, 2.45) is 0 Å². The molecule has 7 heteroatoms. The molecule has 1 saturated heterocycles. The van der Waals surface area contributed by atoms with Crippen LogP contribution in [0.2, 0.25) is 0 Å². The molecular weight excluding hydrogens is 280 g/mol. The fourth-order valence-corrected chi connectivity index (χ4v) is 2.22. The molecule has 0 radical (unpaired) electrons. The van der Waals surface area contributed by atoms with Gasteiger partial charge < -0.3 is 14.4 Å². The lowest BCUT2D eigenvalue weighted by molar-refractivity contribution is -0.158. The van der Waals surface area contributed by atoms with Gasteiger partial charge in [0.1, 0.15) is 6.61 Å². The Balaban J connectivity index is 2.38. The van der Waals surface area contributed by atoms with Crippen molar-refractivity contribution in [2.45, 2.75) is 38.4 Å². The number of alkyl halides is 3. The Morgan fingerprint density at radius 2 is 2.26 bits per heavy atom. The minimum atomic E-state index is -2.50. The molecule has 0 bridgehead atoms. The molecule has 1 heterocycles. The van der Waals surface area contributed by atoms with Crippen LogP contribution in [0.1, 0.15) is 20.3 Å². The van der Waals surface area contributed by atoms with Gasteiger partial charge in [0.25, 0.3) is 6.43 Å². The van der Waals surface area contributed by atoms with Crippen LogP contribution in [0.4, 0.5) is 8.78 Å². The fraction of sp³-hybridized carbons (Fsp3) is 0.917. The van der Waals surface area contributed by atoms with Crippen molar-refractivity contribution in [1.29, 1.82) is 0 Å². The van der Waals surface area contributed by atoms with Crippen LogP contribution < -0.4 is 0 Å². The first-order valence-electron chi connectivity index (χ1n) is 6.21. The quantitative estimate of drug-likeness (QED) is 0.555. The van der Waals surface area contributed by atoms with E-state index in [0.29, 0.717) is 19.0 Å². The van der Waals surface area contributed by atoms with Crippen LogP contribution >= 0.6 is 11.6 Å². The minimum Gasteiger partial charge on any atom is -0.375 e. The summed E-state index contributed by atoms with van der Waals surface area (Å²) in [6.07, 6.45) is -2.60. The van der Waals surface area contributed by atoms with Gasteiger partial charge >= 0.3 is 0 Å². The summed E-state index contributed by atoms with van der Waals surface area (Å²) < 4.78 is 34.1. The van der Waals surface area contributed by atoms with Gasteiger partial charge in [0.15, 0.2) is 0 Å². The summed E-state index contributed by atoms with van der Waals surface area (Å²) in [5.41, 5.74) is -0.447. The third-order valence-corrected chi connectivity index (χ3v) is 3.05. The summed E-state index contributed by atoms with van der Waals surface area (Å²) in [6, 6.07) is 0. The first-order valence-corrected chi connectivity index (χ1v) is 6.75. The normalized spacial score (nSPS) is 22.8. The fourth-order valence-electron chi connectivity index (χ4n) is 2.06. The van der Waals surface area contributed by atoms with Gasteiger partial charge in [-0.3, -0.25) is 4.79 Å². The monoisotopic (exact) mass is 299 g/mol. The Kier molecular flexibility index (Phi) is 6.42. The largest absolute Gasteiger partial charge is 0.375 e. The van der Waals surface area contributed by atoms with Crippen LogP contribution in [0.5, 0.6) is 0 Å². The minimum absolute atomic E-state index is 0.00645.